The van der Waals surface area contributed by atoms with Gasteiger partial charge in [-0.15, -0.1) is 0 Å². The smallest absolute Gasteiger partial charge is 0.293 e. The predicted molar refractivity (Wildman–Crippen MR) is 114 cm³/mol. The van der Waals surface area contributed by atoms with Crippen LogP contribution in [0, 0.1) is 10.1 Å². The summed E-state index contributed by atoms with van der Waals surface area (Å²) in [7, 11) is 2.99. The fourth-order valence-corrected chi connectivity index (χ4v) is 2.87. The number of amides is 1. The van der Waals surface area contributed by atoms with Crippen LogP contribution in [-0.4, -0.2) is 25.1 Å². The number of carbonyl (C=O) groups excluding carboxylic acids is 1. The van der Waals surface area contributed by atoms with Crippen LogP contribution in [0.25, 0.3) is 0 Å². The molecule has 0 radical (unpaired) electrons. The third-order valence-electron chi connectivity index (χ3n) is 4.44. The van der Waals surface area contributed by atoms with Gasteiger partial charge in [0.25, 0.3) is 11.6 Å². The fraction of sp³-hybridized carbons (Fsp3) is 0.136. The van der Waals surface area contributed by atoms with Crippen LogP contribution >= 0.6 is 0 Å². The number of nitrogens with zero attached hydrogens (tertiary/aromatic N) is 1. The molecule has 2 N–H and O–H groups in total. The van der Waals surface area contributed by atoms with Gasteiger partial charge in [-0.3, -0.25) is 14.9 Å². The van der Waals surface area contributed by atoms with E-state index in [9.17, 15) is 14.9 Å². The maximum atomic E-state index is 12.7. The van der Waals surface area contributed by atoms with E-state index in [1.807, 2.05) is 30.3 Å². The summed E-state index contributed by atoms with van der Waals surface area (Å²) >= 11 is 0. The summed E-state index contributed by atoms with van der Waals surface area (Å²) in [5.41, 5.74) is 1.68. The molecule has 0 atom stereocenters. The lowest BCUT2D eigenvalue weighted by Gasteiger charge is -2.12. The van der Waals surface area contributed by atoms with Crippen molar-refractivity contribution in [1.82, 2.24) is 0 Å². The van der Waals surface area contributed by atoms with E-state index in [0.717, 1.165) is 5.56 Å². The van der Waals surface area contributed by atoms with E-state index in [0.29, 0.717) is 29.4 Å². The van der Waals surface area contributed by atoms with E-state index in [4.69, 9.17) is 9.47 Å². The zero-order valence-corrected chi connectivity index (χ0v) is 16.5. The van der Waals surface area contributed by atoms with Crippen LogP contribution in [0.15, 0.2) is 66.7 Å². The molecule has 1 amide bonds. The molecule has 3 aromatic carbocycles. The van der Waals surface area contributed by atoms with Gasteiger partial charge >= 0.3 is 0 Å². The highest BCUT2D eigenvalue weighted by atomic mass is 16.6. The van der Waals surface area contributed by atoms with Crippen molar-refractivity contribution in [1.29, 1.82) is 0 Å². The molecule has 3 rings (SSSR count). The van der Waals surface area contributed by atoms with Gasteiger partial charge in [0.1, 0.15) is 17.2 Å². The average Bonchev–Trinajstić information content (AvgIpc) is 2.78. The summed E-state index contributed by atoms with van der Waals surface area (Å²) in [6.07, 6.45) is 0. The van der Waals surface area contributed by atoms with Crippen molar-refractivity contribution in [3.8, 4) is 11.5 Å². The molecule has 0 aliphatic rings. The maximum Gasteiger partial charge on any atom is 0.293 e. The van der Waals surface area contributed by atoms with Crippen molar-refractivity contribution in [3.63, 3.8) is 0 Å². The molecular formula is C22H21N3O5. The Morgan fingerprint density at radius 1 is 0.967 bits per heavy atom. The minimum atomic E-state index is -0.518. The number of nitrogens with one attached hydrogen (secondary N) is 2. The minimum absolute atomic E-state index is 0.150. The monoisotopic (exact) mass is 407 g/mol. The number of hydrogen-bond acceptors (Lipinski definition) is 6. The molecule has 0 aromatic heterocycles. The van der Waals surface area contributed by atoms with Gasteiger partial charge in [0.15, 0.2) is 0 Å². The van der Waals surface area contributed by atoms with E-state index < -0.39 is 10.8 Å². The summed E-state index contributed by atoms with van der Waals surface area (Å²) in [6, 6.07) is 18.8. The van der Waals surface area contributed by atoms with Crippen LogP contribution in [0.3, 0.4) is 0 Å². The molecule has 0 fully saturated rings. The lowest BCUT2D eigenvalue weighted by molar-refractivity contribution is -0.384. The standard InChI is InChI=1S/C22H21N3O5/c1-29-17-9-11-21(30-2)19(13-17)24-22(26)16-8-10-18(20(12-16)25(27)28)23-14-15-6-4-3-5-7-15/h3-13,23H,14H2,1-2H3,(H,24,26). The van der Waals surface area contributed by atoms with Crippen molar-refractivity contribution < 1.29 is 19.2 Å². The normalized spacial score (nSPS) is 10.2. The van der Waals surface area contributed by atoms with E-state index in [1.165, 1.54) is 32.4 Å². The van der Waals surface area contributed by atoms with Gasteiger partial charge in [0.2, 0.25) is 0 Å². The van der Waals surface area contributed by atoms with Gasteiger partial charge in [-0.2, -0.15) is 0 Å². The van der Waals surface area contributed by atoms with Gasteiger partial charge in [-0.25, -0.2) is 0 Å². The molecule has 0 aliphatic heterocycles. The molecule has 0 unspecified atom stereocenters. The first-order valence-electron chi connectivity index (χ1n) is 9.11. The van der Waals surface area contributed by atoms with Gasteiger partial charge in [-0.1, -0.05) is 30.3 Å². The van der Waals surface area contributed by atoms with Crippen LogP contribution in [0.1, 0.15) is 15.9 Å². The van der Waals surface area contributed by atoms with Crippen molar-refractivity contribution in [2.45, 2.75) is 6.54 Å². The fourth-order valence-electron chi connectivity index (χ4n) is 2.87. The van der Waals surface area contributed by atoms with Crippen LogP contribution in [-0.2, 0) is 6.54 Å². The molecule has 8 nitrogen and oxygen atoms in total. The first kappa shape index (κ1) is 20.7. The number of rotatable bonds is 8. The average molecular weight is 407 g/mol. The number of benzene rings is 3. The Morgan fingerprint density at radius 3 is 2.40 bits per heavy atom. The lowest BCUT2D eigenvalue weighted by atomic mass is 10.1. The van der Waals surface area contributed by atoms with Crippen LogP contribution in [0.4, 0.5) is 17.1 Å². The van der Waals surface area contributed by atoms with Crippen LogP contribution in [0.2, 0.25) is 0 Å². The van der Waals surface area contributed by atoms with E-state index in [2.05, 4.69) is 10.6 Å². The minimum Gasteiger partial charge on any atom is -0.497 e. The zero-order chi connectivity index (χ0) is 21.5. The Bertz CT molecular complexity index is 1050. The number of carbonyl (C=O) groups is 1. The van der Waals surface area contributed by atoms with Crippen molar-refractivity contribution in [3.05, 3.63) is 88.0 Å². The molecule has 0 spiro atoms. The Hall–Kier alpha value is -4.07. The molecule has 8 heteroatoms. The van der Waals surface area contributed by atoms with Crippen molar-refractivity contribution >= 4 is 23.0 Å². The van der Waals surface area contributed by atoms with Gasteiger partial charge in [0.05, 0.1) is 24.8 Å². The third-order valence-corrected chi connectivity index (χ3v) is 4.44. The highest BCUT2D eigenvalue weighted by Gasteiger charge is 2.18. The zero-order valence-electron chi connectivity index (χ0n) is 16.5. The first-order chi connectivity index (χ1) is 14.5. The second-order valence-corrected chi connectivity index (χ2v) is 6.35. The van der Waals surface area contributed by atoms with Crippen LogP contribution < -0.4 is 20.1 Å². The van der Waals surface area contributed by atoms with Gasteiger partial charge < -0.3 is 20.1 Å². The summed E-state index contributed by atoms with van der Waals surface area (Å²) in [5, 5.41) is 17.3. The largest absolute Gasteiger partial charge is 0.497 e. The number of anilines is 2. The Balaban J connectivity index is 1.81. The van der Waals surface area contributed by atoms with Gasteiger partial charge in [0, 0.05) is 24.2 Å². The first-order valence-corrected chi connectivity index (χ1v) is 9.11. The quantitative estimate of drug-likeness (QED) is 0.422. The Kier molecular flexibility index (Phi) is 6.49. The third kappa shape index (κ3) is 4.85. The topological polar surface area (TPSA) is 103 Å². The molecule has 154 valence electrons. The predicted octanol–water partition coefficient (Wildman–Crippen LogP) is 4.48. The molecule has 0 bridgehead atoms. The summed E-state index contributed by atoms with van der Waals surface area (Å²) < 4.78 is 10.4. The highest BCUT2D eigenvalue weighted by molar-refractivity contribution is 6.06. The lowest BCUT2D eigenvalue weighted by Crippen LogP contribution is -2.13. The number of methoxy groups -OCH3 is 2. The summed E-state index contributed by atoms with van der Waals surface area (Å²) in [6.45, 7) is 0.425. The second-order valence-electron chi connectivity index (χ2n) is 6.35. The van der Waals surface area contributed by atoms with Gasteiger partial charge in [-0.05, 0) is 29.8 Å². The van der Waals surface area contributed by atoms with Crippen LogP contribution in [0.5, 0.6) is 11.5 Å². The van der Waals surface area contributed by atoms with E-state index >= 15 is 0 Å². The summed E-state index contributed by atoms with van der Waals surface area (Å²) in [4.78, 5) is 23.7. The van der Waals surface area contributed by atoms with Crippen molar-refractivity contribution in [2.75, 3.05) is 24.9 Å². The molecule has 30 heavy (non-hydrogen) atoms. The number of hydrogen-bond donors (Lipinski definition) is 2. The number of nitro groups is 1. The number of ether oxygens (including phenoxy) is 2. The molecule has 0 heterocycles. The molecule has 0 saturated heterocycles. The number of nitro benzene ring substituents is 1. The molecule has 0 aliphatic carbocycles. The molecule has 3 aromatic rings. The Labute approximate surface area is 173 Å². The SMILES string of the molecule is COc1ccc(OC)c(NC(=O)c2ccc(NCc3ccccc3)c([N+](=O)[O-])c2)c1. The van der Waals surface area contributed by atoms with E-state index in [-0.39, 0.29) is 11.3 Å². The maximum absolute atomic E-state index is 12.7. The second kappa shape index (κ2) is 9.42. The van der Waals surface area contributed by atoms with E-state index in [1.54, 1.807) is 18.2 Å². The molecular weight excluding hydrogens is 386 g/mol. The highest BCUT2D eigenvalue weighted by Crippen LogP contribution is 2.30. The molecule has 0 saturated carbocycles. The summed E-state index contributed by atoms with van der Waals surface area (Å²) in [5.74, 6) is 0.483. The van der Waals surface area contributed by atoms with Crippen molar-refractivity contribution in [2.24, 2.45) is 0 Å². The Morgan fingerprint density at radius 2 is 1.73 bits per heavy atom.